The Morgan fingerprint density at radius 2 is 2.33 bits per heavy atom. The second kappa shape index (κ2) is 6.77. The summed E-state index contributed by atoms with van der Waals surface area (Å²) < 4.78 is 0. The van der Waals surface area contributed by atoms with E-state index in [4.69, 9.17) is 11.6 Å². The fourth-order valence-corrected chi connectivity index (χ4v) is 3.56. The van der Waals surface area contributed by atoms with E-state index in [1.807, 2.05) is 12.1 Å². The number of anilines is 1. The summed E-state index contributed by atoms with van der Waals surface area (Å²) in [6.45, 7) is 4.18. The Kier molecular flexibility index (Phi) is 4.78. The van der Waals surface area contributed by atoms with E-state index in [1.54, 1.807) is 12.1 Å². The van der Waals surface area contributed by atoms with Crippen LogP contribution in [-0.2, 0) is 4.79 Å². The molecule has 4 nitrogen and oxygen atoms in total. The predicted octanol–water partition coefficient (Wildman–Crippen LogP) is 2.35. The lowest BCUT2D eigenvalue weighted by Gasteiger charge is -2.24. The van der Waals surface area contributed by atoms with Gasteiger partial charge in [-0.05, 0) is 43.5 Å². The third-order valence-electron chi connectivity index (χ3n) is 4.44. The minimum Gasteiger partial charge on any atom is -0.326 e. The number of amides is 1. The Bertz CT molecular complexity index is 494. The maximum Gasteiger partial charge on any atom is 0.225 e. The lowest BCUT2D eigenvalue weighted by Crippen LogP contribution is -2.40. The average Bonchev–Trinajstić information content (AvgIpc) is 2.88. The Labute approximate surface area is 130 Å². The van der Waals surface area contributed by atoms with Crippen molar-refractivity contribution in [3.63, 3.8) is 0 Å². The summed E-state index contributed by atoms with van der Waals surface area (Å²) in [4.78, 5) is 14.4. The Morgan fingerprint density at radius 1 is 1.43 bits per heavy atom. The molecular weight excluding hydrogens is 286 g/mol. The van der Waals surface area contributed by atoms with Crippen molar-refractivity contribution < 1.29 is 4.79 Å². The number of halogens is 1. The molecule has 1 aromatic rings. The zero-order chi connectivity index (χ0) is 14.7. The zero-order valence-corrected chi connectivity index (χ0v) is 12.9. The highest BCUT2D eigenvalue weighted by molar-refractivity contribution is 6.30. The first-order valence-electron chi connectivity index (χ1n) is 7.72. The number of carbonyl (C=O) groups excluding carboxylic acids is 1. The number of piperidine rings is 1. The Hall–Kier alpha value is -1.10. The van der Waals surface area contributed by atoms with Gasteiger partial charge < -0.3 is 15.5 Å². The first-order chi connectivity index (χ1) is 10.2. The number of carbonyl (C=O) groups is 1. The van der Waals surface area contributed by atoms with Crippen LogP contribution < -0.4 is 10.6 Å². The highest BCUT2D eigenvalue weighted by atomic mass is 35.5. The molecule has 0 saturated carbocycles. The van der Waals surface area contributed by atoms with Crippen LogP contribution in [0.5, 0.6) is 0 Å². The number of hydrogen-bond donors (Lipinski definition) is 2. The Morgan fingerprint density at radius 3 is 3.14 bits per heavy atom. The minimum atomic E-state index is 0.0556. The monoisotopic (exact) mass is 307 g/mol. The normalized spacial score (nSPS) is 25.6. The molecule has 0 aromatic heterocycles. The second-order valence-corrected chi connectivity index (χ2v) is 6.47. The van der Waals surface area contributed by atoms with Crippen LogP contribution in [0.1, 0.15) is 19.3 Å². The number of benzene rings is 1. The van der Waals surface area contributed by atoms with Crippen LogP contribution in [0.2, 0.25) is 5.02 Å². The average molecular weight is 308 g/mol. The maximum absolute atomic E-state index is 12.0. The third kappa shape index (κ3) is 3.96. The SMILES string of the molecule is O=C(CCN1C[C@@H]2CCCN[C@@H]2C1)Nc1cccc(Cl)c1. The van der Waals surface area contributed by atoms with Gasteiger partial charge in [0.25, 0.3) is 0 Å². The van der Waals surface area contributed by atoms with Crippen LogP contribution in [0, 0.1) is 5.92 Å². The van der Waals surface area contributed by atoms with Crippen molar-refractivity contribution in [3.8, 4) is 0 Å². The lowest BCUT2D eigenvalue weighted by molar-refractivity contribution is -0.116. The van der Waals surface area contributed by atoms with Crippen LogP contribution >= 0.6 is 11.6 Å². The van der Waals surface area contributed by atoms with E-state index >= 15 is 0 Å². The van der Waals surface area contributed by atoms with Crippen LogP contribution in [0.4, 0.5) is 5.69 Å². The molecule has 0 spiro atoms. The molecular formula is C16H22ClN3O. The van der Waals surface area contributed by atoms with Gasteiger partial charge in [0.15, 0.2) is 0 Å². The van der Waals surface area contributed by atoms with E-state index in [0.717, 1.165) is 37.8 Å². The van der Waals surface area contributed by atoms with Gasteiger partial charge in [-0.15, -0.1) is 0 Å². The molecule has 0 aliphatic carbocycles. The smallest absolute Gasteiger partial charge is 0.225 e. The van der Waals surface area contributed by atoms with Crippen molar-refractivity contribution in [2.45, 2.75) is 25.3 Å². The molecule has 2 atom stereocenters. The minimum absolute atomic E-state index is 0.0556. The van der Waals surface area contributed by atoms with Crippen molar-refractivity contribution in [1.82, 2.24) is 10.2 Å². The summed E-state index contributed by atoms with van der Waals surface area (Å²) in [5.41, 5.74) is 0.768. The van der Waals surface area contributed by atoms with Crippen molar-refractivity contribution in [3.05, 3.63) is 29.3 Å². The number of fused-ring (bicyclic) bond motifs is 1. The molecule has 114 valence electrons. The maximum atomic E-state index is 12.0. The van der Waals surface area contributed by atoms with Gasteiger partial charge in [0.05, 0.1) is 0 Å². The molecule has 2 aliphatic rings. The van der Waals surface area contributed by atoms with E-state index in [2.05, 4.69) is 15.5 Å². The van der Waals surface area contributed by atoms with E-state index in [9.17, 15) is 4.79 Å². The van der Waals surface area contributed by atoms with Gasteiger partial charge in [0, 0.05) is 42.8 Å². The molecule has 0 radical (unpaired) electrons. The molecule has 0 unspecified atom stereocenters. The van der Waals surface area contributed by atoms with Crippen LogP contribution in [0.15, 0.2) is 24.3 Å². The quantitative estimate of drug-likeness (QED) is 0.897. The highest BCUT2D eigenvalue weighted by Gasteiger charge is 2.33. The van der Waals surface area contributed by atoms with Gasteiger partial charge in [0.1, 0.15) is 0 Å². The summed E-state index contributed by atoms with van der Waals surface area (Å²) in [5.74, 6) is 0.829. The fourth-order valence-electron chi connectivity index (χ4n) is 3.37. The van der Waals surface area contributed by atoms with Gasteiger partial charge in [0.2, 0.25) is 5.91 Å². The van der Waals surface area contributed by atoms with E-state index in [0.29, 0.717) is 17.5 Å². The van der Waals surface area contributed by atoms with Gasteiger partial charge in [-0.3, -0.25) is 4.79 Å². The molecule has 2 fully saturated rings. The van der Waals surface area contributed by atoms with Gasteiger partial charge in [-0.25, -0.2) is 0 Å². The standard InChI is InChI=1S/C16H22ClN3O/c17-13-4-1-5-14(9-13)19-16(21)6-8-20-10-12-3-2-7-18-15(12)11-20/h1,4-5,9,12,15,18H,2-3,6-8,10-11H2,(H,19,21)/t12-,15+/m0/s1. The number of rotatable bonds is 4. The Balaban J connectivity index is 1.44. The molecule has 3 rings (SSSR count). The summed E-state index contributed by atoms with van der Waals surface area (Å²) in [6.07, 6.45) is 3.14. The number of nitrogens with one attached hydrogen (secondary N) is 2. The first kappa shape index (κ1) is 14.8. The summed E-state index contributed by atoms with van der Waals surface area (Å²) in [5, 5.41) is 7.13. The van der Waals surface area contributed by atoms with Crippen molar-refractivity contribution in [2.24, 2.45) is 5.92 Å². The summed E-state index contributed by atoms with van der Waals surface area (Å²) in [7, 11) is 0. The lowest BCUT2D eigenvalue weighted by atomic mass is 9.94. The van der Waals surface area contributed by atoms with Crippen molar-refractivity contribution >= 4 is 23.2 Å². The predicted molar refractivity (Wildman–Crippen MR) is 85.7 cm³/mol. The molecule has 5 heteroatoms. The van der Waals surface area contributed by atoms with Crippen molar-refractivity contribution in [1.29, 1.82) is 0 Å². The molecule has 1 amide bonds. The van der Waals surface area contributed by atoms with E-state index in [-0.39, 0.29) is 5.91 Å². The molecule has 1 aromatic carbocycles. The first-order valence-corrected chi connectivity index (χ1v) is 8.09. The molecule has 2 N–H and O–H groups in total. The van der Waals surface area contributed by atoms with Crippen LogP contribution in [0.25, 0.3) is 0 Å². The highest BCUT2D eigenvalue weighted by Crippen LogP contribution is 2.24. The fraction of sp³-hybridized carbons (Fsp3) is 0.562. The molecule has 2 saturated heterocycles. The molecule has 2 aliphatic heterocycles. The van der Waals surface area contributed by atoms with Crippen LogP contribution in [0.3, 0.4) is 0 Å². The molecule has 0 bridgehead atoms. The number of likely N-dealkylation sites (tertiary alicyclic amines) is 1. The van der Waals surface area contributed by atoms with Gasteiger partial charge in [-0.1, -0.05) is 17.7 Å². The topological polar surface area (TPSA) is 44.4 Å². The zero-order valence-electron chi connectivity index (χ0n) is 12.1. The largest absolute Gasteiger partial charge is 0.326 e. The molecule has 2 heterocycles. The third-order valence-corrected chi connectivity index (χ3v) is 4.67. The molecule has 21 heavy (non-hydrogen) atoms. The summed E-state index contributed by atoms with van der Waals surface area (Å²) in [6, 6.07) is 7.91. The number of nitrogens with zero attached hydrogens (tertiary/aromatic N) is 1. The van der Waals surface area contributed by atoms with Crippen molar-refractivity contribution in [2.75, 3.05) is 31.5 Å². The van der Waals surface area contributed by atoms with Crippen LogP contribution in [-0.4, -0.2) is 43.0 Å². The van der Waals surface area contributed by atoms with Gasteiger partial charge in [-0.2, -0.15) is 0 Å². The second-order valence-electron chi connectivity index (χ2n) is 6.03. The van der Waals surface area contributed by atoms with E-state index < -0.39 is 0 Å². The summed E-state index contributed by atoms with van der Waals surface area (Å²) >= 11 is 5.91. The number of hydrogen-bond acceptors (Lipinski definition) is 3. The van der Waals surface area contributed by atoms with Gasteiger partial charge >= 0.3 is 0 Å². The van der Waals surface area contributed by atoms with E-state index in [1.165, 1.54) is 12.8 Å².